The second kappa shape index (κ2) is 6.95. The summed E-state index contributed by atoms with van der Waals surface area (Å²) in [5.41, 5.74) is 1.36. The van der Waals surface area contributed by atoms with E-state index >= 15 is 0 Å². The number of nitrogens with zero attached hydrogens (tertiary/aromatic N) is 2. The number of nitrogens with one attached hydrogen (secondary N) is 1. The van der Waals surface area contributed by atoms with E-state index < -0.39 is 0 Å². The molecule has 1 aromatic rings. The van der Waals surface area contributed by atoms with Crippen molar-refractivity contribution < 1.29 is 4.42 Å². The molecule has 0 aliphatic carbocycles. The SMILES string of the molecule is CNCc1cc(CN2CCC(N3CCCCC3)C2)c(C)o1. The number of likely N-dealkylation sites (tertiary alicyclic amines) is 2. The van der Waals surface area contributed by atoms with E-state index in [2.05, 4.69) is 28.1 Å². The van der Waals surface area contributed by atoms with Gasteiger partial charge in [0, 0.05) is 31.2 Å². The lowest BCUT2D eigenvalue weighted by atomic mass is 10.1. The van der Waals surface area contributed by atoms with Crippen LogP contribution < -0.4 is 5.32 Å². The minimum Gasteiger partial charge on any atom is -0.465 e. The van der Waals surface area contributed by atoms with E-state index in [1.807, 2.05) is 7.05 Å². The van der Waals surface area contributed by atoms with Crippen LogP contribution >= 0.6 is 0 Å². The molecule has 2 saturated heterocycles. The summed E-state index contributed by atoms with van der Waals surface area (Å²) in [6, 6.07) is 3.01. The standard InChI is InChI=1S/C17H29N3O/c1-14-15(10-17(21-14)11-18-2)12-19-9-6-16(13-19)20-7-4-3-5-8-20/h10,16,18H,3-9,11-13H2,1-2H3. The molecule has 4 nitrogen and oxygen atoms in total. The molecule has 2 aliphatic heterocycles. The van der Waals surface area contributed by atoms with Gasteiger partial charge in [0.25, 0.3) is 0 Å². The Bertz CT molecular complexity index is 451. The van der Waals surface area contributed by atoms with Crippen LogP contribution in [-0.4, -0.2) is 49.1 Å². The van der Waals surface area contributed by atoms with Gasteiger partial charge in [-0.2, -0.15) is 0 Å². The maximum atomic E-state index is 5.81. The van der Waals surface area contributed by atoms with Crippen LogP contribution in [0.1, 0.15) is 42.8 Å². The monoisotopic (exact) mass is 291 g/mol. The lowest BCUT2D eigenvalue weighted by Gasteiger charge is -2.32. The summed E-state index contributed by atoms with van der Waals surface area (Å²) in [5, 5.41) is 3.15. The predicted octanol–water partition coefficient (Wildman–Crippen LogP) is 2.37. The summed E-state index contributed by atoms with van der Waals surface area (Å²) >= 11 is 0. The predicted molar refractivity (Wildman–Crippen MR) is 85.3 cm³/mol. The van der Waals surface area contributed by atoms with Crippen molar-refractivity contribution >= 4 is 0 Å². The Labute approximate surface area is 128 Å². The van der Waals surface area contributed by atoms with Gasteiger partial charge in [-0.25, -0.2) is 0 Å². The molecule has 4 heteroatoms. The van der Waals surface area contributed by atoms with E-state index in [1.165, 1.54) is 57.4 Å². The first kappa shape index (κ1) is 15.1. The summed E-state index contributed by atoms with van der Waals surface area (Å²) < 4.78 is 5.81. The highest BCUT2D eigenvalue weighted by Gasteiger charge is 2.28. The van der Waals surface area contributed by atoms with Crippen LogP contribution in [0.4, 0.5) is 0 Å². The number of piperidine rings is 1. The zero-order chi connectivity index (χ0) is 14.7. The number of rotatable bonds is 5. The van der Waals surface area contributed by atoms with Crippen LogP contribution in [0.15, 0.2) is 10.5 Å². The molecule has 0 radical (unpaired) electrons. The molecular weight excluding hydrogens is 262 g/mol. The number of hydrogen-bond acceptors (Lipinski definition) is 4. The van der Waals surface area contributed by atoms with Gasteiger partial charge in [0.05, 0.1) is 6.54 Å². The van der Waals surface area contributed by atoms with Crippen LogP contribution in [0.25, 0.3) is 0 Å². The molecular formula is C17H29N3O. The van der Waals surface area contributed by atoms with Crippen molar-refractivity contribution in [2.24, 2.45) is 0 Å². The topological polar surface area (TPSA) is 31.6 Å². The fraction of sp³-hybridized carbons (Fsp3) is 0.765. The molecule has 1 unspecified atom stereocenters. The molecule has 0 saturated carbocycles. The van der Waals surface area contributed by atoms with E-state index in [9.17, 15) is 0 Å². The van der Waals surface area contributed by atoms with Gasteiger partial charge in [0.1, 0.15) is 11.5 Å². The molecule has 0 amide bonds. The van der Waals surface area contributed by atoms with Gasteiger partial charge in [-0.3, -0.25) is 9.80 Å². The molecule has 0 bridgehead atoms. The normalized spacial score (nSPS) is 24.8. The van der Waals surface area contributed by atoms with Crippen molar-refractivity contribution in [3.05, 3.63) is 23.2 Å². The van der Waals surface area contributed by atoms with Crippen molar-refractivity contribution in [2.45, 2.75) is 51.7 Å². The van der Waals surface area contributed by atoms with Crippen molar-refractivity contribution in [3.8, 4) is 0 Å². The number of furan rings is 1. The summed E-state index contributed by atoms with van der Waals surface area (Å²) in [6.07, 6.45) is 5.55. The Balaban J connectivity index is 1.54. The van der Waals surface area contributed by atoms with Crippen LogP contribution in [0.2, 0.25) is 0 Å². The smallest absolute Gasteiger partial charge is 0.118 e. The summed E-state index contributed by atoms with van der Waals surface area (Å²) in [7, 11) is 1.96. The quantitative estimate of drug-likeness (QED) is 0.902. The number of aryl methyl sites for hydroxylation is 1. The zero-order valence-electron chi connectivity index (χ0n) is 13.5. The van der Waals surface area contributed by atoms with E-state index in [1.54, 1.807) is 0 Å². The van der Waals surface area contributed by atoms with Crippen LogP contribution in [0, 0.1) is 6.92 Å². The second-order valence-corrected chi connectivity index (χ2v) is 6.60. The van der Waals surface area contributed by atoms with E-state index in [-0.39, 0.29) is 0 Å². The van der Waals surface area contributed by atoms with Gasteiger partial charge in [-0.15, -0.1) is 0 Å². The Morgan fingerprint density at radius 2 is 2.05 bits per heavy atom. The van der Waals surface area contributed by atoms with E-state index in [0.717, 1.165) is 30.7 Å². The first-order valence-electron chi connectivity index (χ1n) is 8.45. The molecule has 1 aromatic heterocycles. The molecule has 2 fully saturated rings. The Kier molecular flexibility index (Phi) is 4.99. The van der Waals surface area contributed by atoms with Gasteiger partial charge in [0.15, 0.2) is 0 Å². The Morgan fingerprint density at radius 1 is 1.24 bits per heavy atom. The van der Waals surface area contributed by atoms with Crippen LogP contribution in [0.3, 0.4) is 0 Å². The van der Waals surface area contributed by atoms with Crippen molar-refractivity contribution in [1.29, 1.82) is 0 Å². The van der Waals surface area contributed by atoms with Gasteiger partial charge in [0.2, 0.25) is 0 Å². The second-order valence-electron chi connectivity index (χ2n) is 6.60. The number of hydrogen-bond donors (Lipinski definition) is 1. The molecule has 1 N–H and O–H groups in total. The highest BCUT2D eigenvalue weighted by atomic mass is 16.3. The fourth-order valence-corrected chi connectivity index (χ4v) is 3.78. The lowest BCUT2D eigenvalue weighted by molar-refractivity contribution is 0.161. The summed E-state index contributed by atoms with van der Waals surface area (Å²) in [4.78, 5) is 5.32. The first-order valence-corrected chi connectivity index (χ1v) is 8.45. The molecule has 0 aromatic carbocycles. The Hall–Kier alpha value is -0.840. The maximum absolute atomic E-state index is 5.81. The molecule has 0 spiro atoms. The van der Waals surface area contributed by atoms with Crippen molar-refractivity contribution in [1.82, 2.24) is 15.1 Å². The molecule has 3 heterocycles. The highest BCUT2D eigenvalue weighted by molar-refractivity contribution is 5.21. The van der Waals surface area contributed by atoms with Gasteiger partial charge in [-0.1, -0.05) is 6.42 Å². The minimum atomic E-state index is 0.786. The average Bonchev–Trinajstić information content (AvgIpc) is 3.09. The third kappa shape index (κ3) is 3.68. The summed E-state index contributed by atoms with van der Waals surface area (Å²) in [5.74, 6) is 2.14. The van der Waals surface area contributed by atoms with E-state index in [0.29, 0.717) is 0 Å². The minimum absolute atomic E-state index is 0.786. The molecule has 1 atom stereocenters. The molecule has 2 aliphatic rings. The average molecular weight is 291 g/mol. The van der Waals surface area contributed by atoms with Crippen LogP contribution in [-0.2, 0) is 13.1 Å². The highest BCUT2D eigenvalue weighted by Crippen LogP contribution is 2.23. The third-order valence-corrected chi connectivity index (χ3v) is 4.97. The largest absolute Gasteiger partial charge is 0.465 e. The molecule has 21 heavy (non-hydrogen) atoms. The maximum Gasteiger partial charge on any atom is 0.118 e. The van der Waals surface area contributed by atoms with E-state index in [4.69, 9.17) is 4.42 Å². The zero-order valence-corrected chi connectivity index (χ0v) is 13.5. The third-order valence-electron chi connectivity index (χ3n) is 4.97. The Morgan fingerprint density at radius 3 is 2.81 bits per heavy atom. The lowest BCUT2D eigenvalue weighted by Crippen LogP contribution is -2.40. The molecule has 118 valence electrons. The van der Waals surface area contributed by atoms with Gasteiger partial charge >= 0.3 is 0 Å². The van der Waals surface area contributed by atoms with Gasteiger partial charge < -0.3 is 9.73 Å². The van der Waals surface area contributed by atoms with Crippen molar-refractivity contribution in [3.63, 3.8) is 0 Å². The van der Waals surface area contributed by atoms with Gasteiger partial charge in [-0.05, 0) is 52.4 Å². The molecule has 3 rings (SSSR count). The fourth-order valence-electron chi connectivity index (χ4n) is 3.78. The summed E-state index contributed by atoms with van der Waals surface area (Å²) in [6.45, 7) is 9.04. The first-order chi connectivity index (χ1) is 10.3. The van der Waals surface area contributed by atoms with Crippen molar-refractivity contribution in [2.75, 3.05) is 33.2 Å². The van der Waals surface area contributed by atoms with Crippen LogP contribution in [0.5, 0.6) is 0 Å².